The molecule has 0 saturated carbocycles. The van der Waals surface area contributed by atoms with Crippen molar-refractivity contribution in [3.8, 4) is 5.75 Å². The van der Waals surface area contributed by atoms with Gasteiger partial charge in [-0.1, -0.05) is 36.0 Å². The molecular weight excluding hydrogens is 299 g/mol. The van der Waals surface area contributed by atoms with Crippen molar-refractivity contribution in [3.05, 3.63) is 54.3 Å². The SMILES string of the molecule is CCn1c(SCCOc2ccccc2F)nc2ccccc21. The van der Waals surface area contributed by atoms with E-state index in [9.17, 15) is 4.39 Å². The van der Waals surface area contributed by atoms with Crippen LogP contribution >= 0.6 is 11.8 Å². The topological polar surface area (TPSA) is 27.1 Å². The van der Waals surface area contributed by atoms with Crippen molar-refractivity contribution in [2.45, 2.75) is 18.6 Å². The van der Waals surface area contributed by atoms with E-state index in [0.29, 0.717) is 12.4 Å². The molecule has 0 saturated heterocycles. The molecule has 0 aliphatic heterocycles. The number of aryl methyl sites for hydroxylation is 1. The highest BCUT2D eigenvalue weighted by Gasteiger charge is 2.09. The van der Waals surface area contributed by atoms with Gasteiger partial charge in [-0.2, -0.15) is 0 Å². The van der Waals surface area contributed by atoms with Gasteiger partial charge in [-0.3, -0.25) is 0 Å². The van der Waals surface area contributed by atoms with Crippen LogP contribution < -0.4 is 4.74 Å². The number of thioether (sulfide) groups is 1. The van der Waals surface area contributed by atoms with Gasteiger partial charge in [0.2, 0.25) is 0 Å². The first kappa shape index (κ1) is 14.9. The molecule has 0 fully saturated rings. The molecule has 0 radical (unpaired) electrons. The Morgan fingerprint density at radius 3 is 2.73 bits per heavy atom. The lowest BCUT2D eigenvalue weighted by molar-refractivity contribution is 0.325. The standard InChI is InChI=1S/C17H17FN2OS/c1-2-20-15-9-5-4-8-14(15)19-17(20)22-12-11-21-16-10-6-3-7-13(16)18/h3-10H,2,11-12H2,1H3. The number of hydrogen-bond donors (Lipinski definition) is 0. The second-order valence-corrected chi connectivity index (χ2v) is 5.82. The van der Waals surface area contributed by atoms with Crippen molar-refractivity contribution >= 4 is 22.8 Å². The molecule has 1 aromatic heterocycles. The molecule has 0 aliphatic carbocycles. The molecule has 0 amide bonds. The van der Waals surface area contributed by atoms with Crippen molar-refractivity contribution in [3.63, 3.8) is 0 Å². The molecule has 0 atom stereocenters. The summed E-state index contributed by atoms with van der Waals surface area (Å²) < 4.78 is 21.1. The van der Waals surface area contributed by atoms with E-state index in [1.807, 2.05) is 18.2 Å². The number of fused-ring (bicyclic) bond motifs is 1. The Bertz CT molecular complexity index is 772. The number of imidazole rings is 1. The first-order chi connectivity index (χ1) is 10.8. The zero-order chi connectivity index (χ0) is 15.4. The zero-order valence-electron chi connectivity index (χ0n) is 12.3. The van der Waals surface area contributed by atoms with E-state index < -0.39 is 0 Å². The van der Waals surface area contributed by atoms with E-state index >= 15 is 0 Å². The molecular formula is C17H17FN2OS. The third-order valence-corrected chi connectivity index (χ3v) is 4.29. The summed E-state index contributed by atoms with van der Waals surface area (Å²) in [6, 6.07) is 14.6. The molecule has 22 heavy (non-hydrogen) atoms. The average molecular weight is 316 g/mol. The van der Waals surface area contributed by atoms with Gasteiger partial charge in [0.05, 0.1) is 17.6 Å². The average Bonchev–Trinajstić information content (AvgIpc) is 2.90. The van der Waals surface area contributed by atoms with Crippen molar-refractivity contribution in [1.29, 1.82) is 0 Å². The fourth-order valence-electron chi connectivity index (χ4n) is 2.32. The van der Waals surface area contributed by atoms with Crippen LogP contribution in [-0.2, 0) is 6.54 Å². The summed E-state index contributed by atoms with van der Waals surface area (Å²) in [6.45, 7) is 3.42. The van der Waals surface area contributed by atoms with Crippen LogP contribution in [0.4, 0.5) is 4.39 Å². The maximum absolute atomic E-state index is 13.4. The van der Waals surface area contributed by atoms with Gasteiger partial charge in [0, 0.05) is 12.3 Å². The first-order valence-electron chi connectivity index (χ1n) is 7.25. The number of para-hydroxylation sites is 3. The van der Waals surface area contributed by atoms with Gasteiger partial charge in [-0.15, -0.1) is 0 Å². The lowest BCUT2D eigenvalue weighted by Crippen LogP contribution is -2.03. The minimum Gasteiger partial charge on any atom is -0.490 e. The second-order valence-electron chi connectivity index (χ2n) is 4.75. The third kappa shape index (κ3) is 3.09. The summed E-state index contributed by atoms with van der Waals surface area (Å²) in [6.07, 6.45) is 0. The maximum atomic E-state index is 13.4. The van der Waals surface area contributed by atoms with Gasteiger partial charge < -0.3 is 9.30 Å². The van der Waals surface area contributed by atoms with E-state index in [1.165, 1.54) is 6.07 Å². The lowest BCUT2D eigenvalue weighted by atomic mass is 10.3. The molecule has 0 unspecified atom stereocenters. The van der Waals surface area contributed by atoms with E-state index in [-0.39, 0.29) is 5.82 Å². The predicted octanol–water partition coefficient (Wildman–Crippen LogP) is 4.37. The van der Waals surface area contributed by atoms with Crippen molar-refractivity contribution in [2.24, 2.45) is 0 Å². The molecule has 0 aliphatic rings. The molecule has 3 nitrogen and oxygen atoms in total. The fourth-order valence-corrected chi connectivity index (χ4v) is 3.21. The highest BCUT2D eigenvalue weighted by Crippen LogP contribution is 2.24. The van der Waals surface area contributed by atoms with Crippen LogP contribution in [0.1, 0.15) is 6.92 Å². The molecule has 5 heteroatoms. The Morgan fingerprint density at radius 1 is 1.14 bits per heavy atom. The van der Waals surface area contributed by atoms with Gasteiger partial charge in [0.15, 0.2) is 16.7 Å². The summed E-state index contributed by atoms with van der Waals surface area (Å²) >= 11 is 1.63. The number of ether oxygens (including phenoxy) is 1. The highest BCUT2D eigenvalue weighted by atomic mass is 32.2. The van der Waals surface area contributed by atoms with Crippen LogP contribution in [-0.4, -0.2) is 21.9 Å². The number of halogens is 1. The Balaban J connectivity index is 1.63. The van der Waals surface area contributed by atoms with E-state index in [4.69, 9.17) is 4.74 Å². The molecule has 0 bridgehead atoms. The molecule has 3 rings (SSSR count). The molecule has 2 aromatic carbocycles. The minimum atomic E-state index is -0.326. The number of hydrogen-bond acceptors (Lipinski definition) is 3. The fraction of sp³-hybridized carbons (Fsp3) is 0.235. The van der Waals surface area contributed by atoms with Gasteiger partial charge in [0.25, 0.3) is 0 Å². The number of benzene rings is 2. The summed E-state index contributed by atoms with van der Waals surface area (Å²) in [7, 11) is 0. The van der Waals surface area contributed by atoms with Crippen LogP contribution in [0.15, 0.2) is 53.7 Å². The Labute approximate surface area is 133 Å². The number of nitrogens with zero attached hydrogens (tertiary/aromatic N) is 2. The van der Waals surface area contributed by atoms with Crippen LogP contribution in [0.3, 0.4) is 0 Å². The van der Waals surface area contributed by atoms with E-state index in [0.717, 1.165) is 28.5 Å². The molecule has 0 N–H and O–H groups in total. The summed E-state index contributed by atoms with van der Waals surface area (Å²) in [5.41, 5.74) is 2.14. The monoisotopic (exact) mass is 316 g/mol. The normalized spacial score (nSPS) is 11.0. The van der Waals surface area contributed by atoms with Gasteiger partial charge >= 0.3 is 0 Å². The molecule has 1 heterocycles. The van der Waals surface area contributed by atoms with Crippen LogP contribution in [0.25, 0.3) is 11.0 Å². The second kappa shape index (κ2) is 6.83. The quantitative estimate of drug-likeness (QED) is 0.499. The van der Waals surface area contributed by atoms with Gasteiger partial charge in [-0.05, 0) is 31.2 Å². The third-order valence-electron chi connectivity index (χ3n) is 3.34. The van der Waals surface area contributed by atoms with Crippen LogP contribution in [0.2, 0.25) is 0 Å². The van der Waals surface area contributed by atoms with Crippen LogP contribution in [0, 0.1) is 5.82 Å². The van der Waals surface area contributed by atoms with Crippen molar-refractivity contribution in [1.82, 2.24) is 9.55 Å². The zero-order valence-corrected chi connectivity index (χ0v) is 13.1. The largest absolute Gasteiger partial charge is 0.490 e. The van der Waals surface area contributed by atoms with Crippen molar-refractivity contribution < 1.29 is 9.13 Å². The molecule has 3 aromatic rings. The number of aromatic nitrogens is 2. The summed E-state index contributed by atoms with van der Waals surface area (Å²) in [4.78, 5) is 4.64. The van der Waals surface area contributed by atoms with E-state index in [2.05, 4.69) is 22.5 Å². The summed E-state index contributed by atoms with van der Waals surface area (Å²) in [5.74, 6) is 0.692. The molecule has 0 spiro atoms. The Morgan fingerprint density at radius 2 is 1.91 bits per heavy atom. The smallest absolute Gasteiger partial charge is 0.169 e. The molecule has 114 valence electrons. The van der Waals surface area contributed by atoms with E-state index in [1.54, 1.807) is 30.0 Å². The highest BCUT2D eigenvalue weighted by molar-refractivity contribution is 7.99. The van der Waals surface area contributed by atoms with Gasteiger partial charge in [-0.25, -0.2) is 9.37 Å². The minimum absolute atomic E-state index is 0.298. The lowest BCUT2D eigenvalue weighted by Gasteiger charge is -2.08. The summed E-state index contributed by atoms with van der Waals surface area (Å²) in [5, 5.41) is 0.973. The van der Waals surface area contributed by atoms with Gasteiger partial charge in [0.1, 0.15) is 0 Å². The Hall–Kier alpha value is -2.01. The number of rotatable bonds is 6. The maximum Gasteiger partial charge on any atom is 0.169 e. The first-order valence-corrected chi connectivity index (χ1v) is 8.23. The predicted molar refractivity (Wildman–Crippen MR) is 88.0 cm³/mol. The Kier molecular flexibility index (Phi) is 4.63. The van der Waals surface area contributed by atoms with Crippen LogP contribution in [0.5, 0.6) is 5.75 Å². The van der Waals surface area contributed by atoms with Crippen molar-refractivity contribution in [2.75, 3.05) is 12.4 Å².